The highest BCUT2D eigenvalue weighted by molar-refractivity contribution is 8.15. The summed E-state index contributed by atoms with van der Waals surface area (Å²) in [5, 5.41) is 3.35. The third kappa shape index (κ3) is 6.02. The van der Waals surface area contributed by atoms with Gasteiger partial charge in [0.05, 0.1) is 10.9 Å². The number of hydrogen-bond acceptors (Lipinski definition) is 4. The Bertz CT molecular complexity index is 666. The molecule has 2 rings (SSSR count). The number of unbranched alkanes of at least 4 members (excludes halogenated alkanes) is 4. The van der Waals surface area contributed by atoms with Crippen LogP contribution < -0.4 is 5.32 Å². The van der Waals surface area contributed by atoms with Crippen LogP contribution in [0.3, 0.4) is 0 Å². The van der Waals surface area contributed by atoms with Gasteiger partial charge < -0.3 is 5.32 Å². The molecule has 1 atom stereocenters. The second-order valence-electron chi connectivity index (χ2n) is 6.26. The number of carbonyl (C=O) groups is 2. The van der Waals surface area contributed by atoms with Crippen molar-refractivity contribution >= 4 is 46.0 Å². The van der Waals surface area contributed by atoms with Gasteiger partial charge in [0.15, 0.2) is 5.17 Å². The van der Waals surface area contributed by atoms with Gasteiger partial charge in [-0.1, -0.05) is 62.0 Å². The Kier molecular flexibility index (Phi) is 8.45. The minimum Gasteiger partial charge on any atom is -0.358 e. The number of aliphatic imine (C=N–C) groups is 1. The van der Waals surface area contributed by atoms with Crippen molar-refractivity contribution in [3.8, 4) is 0 Å². The van der Waals surface area contributed by atoms with E-state index in [2.05, 4.69) is 17.2 Å². The van der Waals surface area contributed by atoms with E-state index in [-0.39, 0.29) is 18.2 Å². The summed E-state index contributed by atoms with van der Waals surface area (Å²) < 4.78 is 0. The van der Waals surface area contributed by atoms with Gasteiger partial charge in [0.1, 0.15) is 0 Å². The number of nitrogens with one attached hydrogen (secondary N) is 1. The summed E-state index contributed by atoms with van der Waals surface area (Å²) in [7, 11) is 1.58. The maximum Gasteiger partial charge on any atom is 0.233 e. The van der Waals surface area contributed by atoms with Gasteiger partial charge in [-0.3, -0.25) is 14.5 Å². The first-order valence-corrected chi connectivity index (χ1v) is 10.3. The lowest BCUT2D eigenvalue weighted by Crippen LogP contribution is -2.46. The van der Waals surface area contributed by atoms with Crippen molar-refractivity contribution in [3.05, 3.63) is 29.3 Å². The Hall–Kier alpha value is -1.53. The fraction of sp³-hybridized carbons (Fsp3) is 0.526. The summed E-state index contributed by atoms with van der Waals surface area (Å²) in [6, 6.07) is 7.20. The summed E-state index contributed by atoms with van der Waals surface area (Å²) >= 11 is 7.39. The van der Waals surface area contributed by atoms with E-state index < -0.39 is 5.25 Å². The van der Waals surface area contributed by atoms with Crippen molar-refractivity contribution in [2.24, 2.45) is 4.99 Å². The molecule has 0 spiro atoms. The average molecular weight is 396 g/mol. The van der Waals surface area contributed by atoms with Crippen LogP contribution in [0, 0.1) is 0 Å². The zero-order valence-electron chi connectivity index (χ0n) is 15.3. The SMILES string of the molecule is CCCCCCCN1C(=O)C[C@@H](C(=O)NC)SC1=Nc1cccc(Cl)c1. The maximum atomic E-state index is 12.6. The summed E-state index contributed by atoms with van der Waals surface area (Å²) in [5.74, 6) is -0.196. The number of nitrogens with zero attached hydrogens (tertiary/aromatic N) is 2. The standard InChI is InChI=1S/C19H26ClN3O2S/c1-3-4-5-6-7-11-23-17(24)13-16(18(25)21-2)26-19(23)22-15-10-8-9-14(20)12-15/h8-10,12,16H,3-7,11,13H2,1-2H3,(H,21,25)/t16-/m0/s1. The van der Waals surface area contributed by atoms with Crippen molar-refractivity contribution in [2.45, 2.75) is 50.7 Å². The molecule has 2 amide bonds. The van der Waals surface area contributed by atoms with Crippen LogP contribution in [0.2, 0.25) is 5.02 Å². The van der Waals surface area contributed by atoms with Crippen LogP contribution in [0.5, 0.6) is 0 Å². The first-order valence-electron chi connectivity index (χ1n) is 9.08. The molecule has 0 radical (unpaired) electrons. The topological polar surface area (TPSA) is 61.8 Å². The molecule has 1 aliphatic heterocycles. The summed E-state index contributed by atoms with van der Waals surface area (Å²) in [6.45, 7) is 2.81. The zero-order chi connectivity index (χ0) is 18.9. The first-order chi connectivity index (χ1) is 12.5. The molecule has 142 valence electrons. The predicted octanol–water partition coefficient (Wildman–Crippen LogP) is 4.38. The molecule has 0 saturated carbocycles. The van der Waals surface area contributed by atoms with Gasteiger partial charge in [-0.15, -0.1) is 0 Å². The molecule has 0 unspecified atom stereocenters. The van der Waals surface area contributed by atoms with Crippen LogP contribution in [0.25, 0.3) is 0 Å². The van der Waals surface area contributed by atoms with Gasteiger partial charge in [-0.25, -0.2) is 4.99 Å². The molecule has 0 aromatic heterocycles. The molecule has 1 aliphatic rings. The largest absolute Gasteiger partial charge is 0.358 e. The molecule has 1 saturated heterocycles. The van der Waals surface area contributed by atoms with Crippen LogP contribution in [-0.4, -0.2) is 40.7 Å². The molecule has 1 N–H and O–H groups in total. The lowest BCUT2D eigenvalue weighted by atomic mass is 10.1. The monoisotopic (exact) mass is 395 g/mol. The molecule has 1 fully saturated rings. The third-order valence-electron chi connectivity index (χ3n) is 4.20. The van der Waals surface area contributed by atoms with Crippen LogP contribution in [0.4, 0.5) is 5.69 Å². The molecule has 0 bridgehead atoms. The quantitative estimate of drug-likeness (QED) is 0.664. The summed E-state index contributed by atoms with van der Waals surface area (Å²) in [6.07, 6.45) is 5.80. The molecule has 7 heteroatoms. The lowest BCUT2D eigenvalue weighted by Gasteiger charge is -2.31. The number of rotatable bonds is 8. The second kappa shape index (κ2) is 10.6. The number of amidine groups is 1. The fourth-order valence-electron chi connectivity index (χ4n) is 2.75. The van der Waals surface area contributed by atoms with E-state index in [0.717, 1.165) is 12.8 Å². The van der Waals surface area contributed by atoms with Crippen molar-refractivity contribution in [2.75, 3.05) is 13.6 Å². The molecule has 1 aromatic rings. The number of hydrogen-bond donors (Lipinski definition) is 1. The summed E-state index contributed by atoms with van der Waals surface area (Å²) in [5.41, 5.74) is 0.682. The Labute approximate surface area is 164 Å². The first kappa shape index (κ1) is 20.8. The van der Waals surface area contributed by atoms with Gasteiger partial charge >= 0.3 is 0 Å². The van der Waals surface area contributed by atoms with Gasteiger partial charge in [-0.05, 0) is 24.6 Å². The maximum absolute atomic E-state index is 12.6. The van der Waals surface area contributed by atoms with E-state index in [0.29, 0.717) is 22.4 Å². The third-order valence-corrected chi connectivity index (χ3v) is 5.62. The average Bonchev–Trinajstić information content (AvgIpc) is 2.62. The minimum absolute atomic E-state index is 0.0476. The van der Waals surface area contributed by atoms with E-state index >= 15 is 0 Å². The highest BCUT2D eigenvalue weighted by atomic mass is 35.5. The van der Waals surface area contributed by atoms with Gasteiger partial charge in [-0.2, -0.15) is 0 Å². The van der Waals surface area contributed by atoms with Gasteiger partial charge in [0.2, 0.25) is 11.8 Å². The highest BCUT2D eigenvalue weighted by Gasteiger charge is 2.35. The van der Waals surface area contributed by atoms with Crippen LogP contribution >= 0.6 is 23.4 Å². The van der Waals surface area contributed by atoms with Gasteiger partial charge in [0, 0.05) is 25.0 Å². The van der Waals surface area contributed by atoms with Gasteiger partial charge in [0.25, 0.3) is 0 Å². The van der Waals surface area contributed by atoms with Crippen molar-refractivity contribution in [3.63, 3.8) is 0 Å². The normalized spacial score (nSPS) is 19.0. The Morgan fingerprint density at radius 2 is 2.12 bits per heavy atom. The molecule has 5 nitrogen and oxygen atoms in total. The summed E-state index contributed by atoms with van der Waals surface area (Å²) in [4.78, 5) is 31.0. The zero-order valence-corrected chi connectivity index (χ0v) is 16.9. The number of halogens is 1. The molecular formula is C19H26ClN3O2S. The molecule has 0 aliphatic carbocycles. The van der Waals surface area contributed by atoms with E-state index in [4.69, 9.17) is 11.6 Å². The van der Waals surface area contributed by atoms with E-state index in [1.54, 1.807) is 24.1 Å². The molecule has 1 aromatic carbocycles. The molecule has 26 heavy (non-hydrogen) atoms. The Morgan fingerprint density at radius 1 is 1.35 bits per heavy atom. The highest BCUT2D eigenvalue weighted by Crippen LogP contribution is 2.30. The Balaban J connectivity index is 2.16. The van der Waals surface area contributed by atoms with Crippen molar-refractivity contribution < 1.29 is 9.59 Å². The predicted molar refractivity (Wildman–Crippen MR) is 109 cm³/mol. The van der Waals surface area contributed by atoms with E-state index in [1.165, 1.54) is 31.0 Å². The lowest BCUT2D eigenvalue weighted by molar-refractivity contribution is -0.130. The van der Waals surface area contributed by atoms with Crippen LogP contribution in [0.15, 0.2) is 29.3 Å². The molecular weight excluding hydrogens is 370 g/mol. The van der Waals surface area contributed by atoms with Crippen LogP contribution in [0.1, 0.15) is 45.4 Å². The Morgan fingerprint density at radius 3 is 2.81 bits per heavy atom. The number of benzene rings is 1. The minimum atomic E-state index is -0.443. The van der Waals surface area contributed by atoms with Crippen molar-refractivity contribution in [1.29, 1.82) is 0 Å². The van der Waals surface area contributed by atoms with Crippen LogP contribution in [-0.2, 0) is 9.59 Å². The number of carbonyl (C=O) groups excluding carboxylic acids is 2. The fourth-order valence-corrected chi connectivity index (χ4v) is 4.12. The van der Waals surface area contributed by atoms with E-state index in [9.17, 15) is 9.59 Å². The number of thioether (sulfide) groups is 1. The smallest absolute Gasteiger partial charge is 0.233 e. The van der Waals surface area contributed by atoms with Crippen molar-refractivity contribution in [1.82, 2.24) is 10.2 Å². The second-order valence-corrected chi connectivity index (χ2v) is 7.87. The van der Waals surface area contributed by atoms with E-state index in [1.807, 2.05) is 12.1 Å². The number of amides is 2. The molecule has 1 heterocycles.